The Labute approximate surface area is 138 Å². The molecule has 0 aliphatic carbocycles. The molecule has 128 valence electrons. The van der Waals surface area contributed by atoms with Gasteiger partial charge in [-0.3, -0.25) is 9.59 Å². The highest BCUT2D eigenvalue weighted by molar-refractivity contribution is 5.95. The maximum absolute atomic E-state index is 12.6. The summed E-state index contributed by atoms with van der Waals surface area (Å²) in [7, 11) is 0. The fourth-order valence-corrected chi connectivity index (χ4v) is 2.76. The molecule has 2 aromatic heterocycles. The first-order chi connectivity index (χ1) is 11.6. The molecule has 8 nitrogen and oxygen atoms in total. The Morgan fingerprint density at radius 3 is 2.92 bits per heavy atom. The summed E-state index contributed by atoms with van der Waals surface area (Å²) < 4.78 is 11.7. The molecule has 3 rings (SSSR count). The van der Waals surface area contributed by atoms with Gasteiger partial charge >= 0.3 is 0 Å². The zero-order valence-corrected chi connectivity index (χ0v) is 13.7. The van der Waals surface area contributed by atoms with E-state index < -0.39 is 5.91 Å². The summed E-state index contributed by atoms with van der Waals surface area (Å²) >= 11 is 0. The Kier molecular flexibility index (Phi) is 4.75. The molecule has 1 fully saturated rings. The van der Waals surface area contributed by atoms with Crippen LogP contribution >= 0.6 is 0 Å². The van der Waals surface area contributed by atoms with E-state index in [1.165, 1.54) is 0 Å². The normalized spacial score (nSPS) is 17.2. The average Bonchev–Trinajstić information content (AvgIpc) is 3.20. The van der Waals surface area contributed by atoms with Crippen LogP contribution in [0.15, 0.2) is 21.7 Å². The van der Waals surface area contributed by atoms with Crippen LogP contribution in [0.25, 0.3) is 0 Å². The van der Waals surface area contributed by atoms with Crippen LogP contribution in [0.3, 0.4) is 0 Å². The lowest BCUT2D eigenvalue weighted by Gasteiger charge is -2.14. The number of hydrogen-bond acceptors (Lipinski definition) is 6. The number of hydrogen-bond donors (Lipinski definition) is 1. The van der Waals surface area contributed by atoms with Crippen LogP contribution in [0.2, 0.25) is 0 Å². The molecule has 0 bridgehead atoms. The number of ether oxygens (including phenoxy) is 1. The van der Waals surface area contributed by atoms with Gasteiger partial charge in [0.25, 0.3) is 11.5 Å². The van der Waals surface area contributed by atoms with Gasteiger partial charge in [0.2, 0.25) is 0 Å². The van der Waals surface area contributed by atoms with Crippen LogP contribution in [0, 0.1) is 13.8 Å². The summed E-state index contributed by atoms with van der Waals surface area (Å²) in [6.07, 6.45) is 3.68. The van der Waals surface area contributed by atoms with Gasteiger partial charge in [-0.2, -0.15) is 0 Å². The molecule has 0 radical (unpaired) electrons. The zero-order chi connectivity index (χ0) is 17.1. The van der Waals surface area contributed by atoms with Crippen LogP contribution < -0.4 is 10.9 Å². The number of nitrogens with zero attached hydrogens (tertiary/aromatic N) is 3. The molecule has 0 spiro atoms. The van der Waals surface area contributed by atoms with Gasteiger partial charge in [0.15, 0.2) is 0 Å². The fourth-order valence-electron chi connectivity index (χ4n) is 2.76. The summed E-state index contributed by atoms with van der Waals surface area (Å²) in [4.78, 5) is 25.1. The Balaban J connectivity index is 1.77. The number of rotatable bonds is 5. The van der Waals surface area contributed by atoms with E-state index in [1.54, 1.807) is 30.7 Å². The Morgan fingerprint density at radius 2 is 2.25 bits per heavy atom. The SMILES string of the molecule is Cc1ccn(CC2CCCO2)c(=O)c1C(=O)NCc1nonc1C. The van der Waals surface area contributed by atoms with Crippen LogP contribution in [-0.4, -0.2) is 33.5 Å². The summed E-state index contributed by atoms with van der Waals surface area (Å²) in [5.41, 5.74) is 1.62. The number of carbonyl (C=O) groups excluding carboxylic acids is 1. The van der Waals surface area contributed by atoms with E-state index >= 15 is 0 Å². The van der Waals surface area contributed by atoms with E-state index in [0.717, 1.165) is 19.4 Å². The topological polar surface area (TPSA) is 99.2 Å². The summed E-state index contributed by atoms with van der Waals surface area (Å²) in [5.74, 6) is -0.429. The van der Waals surface area contributed by atoms with Crippen molar-refractivity contribution in [2.45, 2.75) is 45.9 Å². The van der Waals surface area contributed by atoms with Crippen molar-refractivity contribution < 1.29 is 14.2 Å². The predicted octanol–water partition coefficient (Wildman–Crippen LogP) is 0.957. The van der Waals surface area contributed by atoms with Gasteiger partial charge in [0.1, 0.15) is 17.0 Å². The highest BCUT2D eigenvalue weighted by atomic mass is 16.6. The van der Waals surface area contributed by atoms with Crippen LogP contribution in [-0.2, 0) is 17.8 Å². The molecular formula is C16H20N4O4. The molecule has 1 atom stereocenters. The lowest BCUT2D eigenvalue weighted by molar-refractivity contribution is 0.0927. The number of amides is 1. The molecule has 1 unspecified atom stereocenters. The minimum Gasteiger partial charge on any atom is -0.376 e. The molecule has 3 heterocycles. The minimum atomic E-state index is -0.429. The first-order valence-electron chi connectivity index (χ1n) is 7.94. The molecular weight excluding hydrogens is 312 g/mol. The first kappa shape index (κ1) is 16.4. The monoisotopic (exact) mass is 332 g/mol. The van der Waals surface area contributed by atoms with Gasteiger partial charge < -0.3 is 14.6 Å². The van der Waals surface area contributed by atoms with E-state index in [4.69, 9.17) is 4.74 Å². The molecule has 1 amide bonds. The maximum Gasteiger partial charge on any atom is 0.263 e. The Bertz CT molecular complexity index is 790. The molecule has 24 heavy (non-hydrogen) atoms. The van der Waals surface area contributed by atoms with Crippen molar-refractivity contribution in [3.05, 3.63) is 45.1 Å². The highest BCUT2D eigenvalue weighted by Crippen LogP contribution is 2.13. The van der Waals surface area contributed by atoms with E-state index in [1.807, 2.05) is 0 Å². The highest BCUT2D eigenvalue weighted by Gasteiger charge is 2.20. The second-order valence-electron chi connectivity index (χ2n) is 5.95. The van der Waals surface area contributed by atoms with E-state index in [9.17, 15) is 9.59 Å². The number of aromatic nitrogens is 3. The molecule has 1 saturated heterocycles. The largest absolute Gasteiger partial charge is 0.376 e. The quantitative estimate of drug-likeness (QED) is 0.875. The molecule has 1 aliphatic heterocycles. The Morgan fingerprint density at radius 1 is 1.42 bits per heavy atom. The van der Waals surface area contributed by atoms with Crippen molar-refractivity contribution in [1.29, 1.82) is 0 Å². The van der Waals surface area contributed by atoms with E-state index in [0.29, 0.717) is 23.5 Å². The number of nitrogens with one attached hydrogen (secondary N) is 1. The molecule has 8 heteroatoms. The van der Waals surface area contributed by atoms with Crippen molar-refractivity contribution in [2.75, 3.05) is 6.61 Å². The second-order valence-corrected chi connectivity index (χ2v) is 5.95. The van der Waals surface area contributed by atoms with Crippen molar-refractivity contribution in [3.63, 3.8) is 0 Å². The van der Waals surface area contributed by atoms with Crippen molar-refractivity contribution in [1.82, 2.24) is 20.2 Å². The summed E-state index contributed by atoms with van der Waals surface area (Å²) in [5, 5.41) is 10.1. The predicted molar refractivity (Wildman–Crippen MR) is 84.6 cm³/mol. The summed E-state index contributed by atoms with van der Waals surface area (Å²) in [6, 6.07) is 1.77. The lowest BCUT2D eigenvalue weighted by atomic mass is 10.1. The van der Waals surface area contributed by atoms with E-state index in [-0.39, 0.29) is 23.8 Å². The molecule has 1 aliphatic rings. The standard InChI is InChI=1S/C16H20N4O4/c1-10-5-6-20(9-12-4-3-7-23-12)16(22)14(10)15(21)17-8-13-11(2)18-24-19-13/h5-6,12H,3-4,7-9H2,1-2H3,(H,17,21). The van der Waals surface area contributed by atoms with Crippen molar-refractivity contribution in [3.8, 4) is 0 Å². The molecule has 0 aromatic carbocycles. The number of pyridine rings is 1. The minimum absolute atomic E-state index is 0.0326. The molecule has 1 N–H and O–H groups in total. The second kappa shape index (κ2) is 6.96. The first-order valence-corrected chi connectivity index (χ1v) is 7.94. The van der Waals surface area contributed by atoms with Gasteiger partial charge in [-0.1, -0.05) is 10.3 Å². The van der Waals surface area contributed by atoms with Gasteiger partial charge in [-0.15, -0.1) is 0 Å². The zero-order valence-electron chi connectivity index (χ0n) is 13.7. The molecule has 2 aromatic rings. The van der Waals surface area contributed by atoms with Crippen LogP contribution in [0.5, 0.6) is 0 Å². The third-order valence-corrected chi connectivity index (χ3v) is 4.19. The lowest BCUT2D eigenvalue weighted by Crippen LogP contribution is -2.35. The Hall–Kier alpha value is -2.48. The smallest absolute Gasteiger partial charge is 0.263 e. The third-order valence-electron chi connectivity index (χ3n) is 4.19. The van der Waals surface area contributed by atoms with Crippen molar-refractivity contribution >= 4 is 5.91 Å². The van der Waals surface area contributed by atoms with Gasteiger partial charge in [-0.25, -0.2) is 4.63 Å². The van der Waals surface area contributed by atoms with Gasteiger partial charge in [-0.05, 0) is 38.3 Å². The van der Waals surface area contributed by atoms with Gasteiger partial charge in [0, 0.05) is 12.8 Å². The van der Waals surface area contributed by atoms with E-state index in [2.05, 4.69) is 20.3 Å². The van der Waals surface area contributed by atoms with Crippen molar-refractivity contribution in [2.24, 2.45) is 0 Å². The molecule has 0 saturated carbocycles. The summed E-state index contributed by atoms with van der Waals surface area (Å²) in [6.45, 7) is 4.83. The fraction of sp³-hybridized carbons (Fsp3) is 0.500. The third kappa shape index (κ3) is 3.38. The average molecular weight is 332 g/mol. The number of carbonyl (C=O) groups is 1. The van der Waals surface area contributed by atoms with Gasteiger partial charge in [0.05, 0.1) is 19.2 Å². The van der Waals surface area contributed by atoms with Crippen LogP contribution in [0.1, 0.15) is 40.2 Å². The van der Waals surface area contributed by atoms with Crippen LogP contribution in [0.4, 0.5) is 0 Å². The maximum atomic E-state index is 12.6. The number of aryl methyl sites for hydroxylation is 2.